The van der Waals surface area contributed by atoms with Gasteiger partial charge in [0.05, 0.1) is 10.6 Å². The number of alkyl halides is 2. The highest BCUT2D eigenvalue weighted by molar-refractivity contribution is 7.12. The van der Waals surface area contributed by atoms with Crippen molar-refractivity contribution in [2.75, 3.05) is 11.9 Å². The van der Waals surface area contributed by atoms with Crippen LogP contribution >= 0.6 is 11.3 Å². The fourth-order valence-electron chi connectivity index (χ4n) is 1.95. The third-order valence-corrected chi connectivity index (χ3v) is 4.04. The van der Waals surface area contributed by atoms with Crippen LogP contribution in [-0.2, 0) is 14.3 Å². The van der Waals surface area contributed by atoms with Gasteiger partial charge in [-0.2, -0.15) is 8.78 Å². The van der Waals surface area contributed by atoms with Crippen molar-refractivity contribution < 1.29 is 32.6 Å². The molecule has 0 aliphatic carbocycles. The van der Waals surface area contributed by atoms with Gasteiger partial charge in [0, 0.05) is 0 Å². The zero-order chi connectivity index (χ0) is 19.8. The predicted octanol–water partition coefficient (Wildman–Crippen LogP) is 2.65. The number of para-hydroxylation sites is 2. The van der Waals surface area contributed by atoms with E-state index < -0.39 is 37.0 Å². The number of thiophene rings is 1. The Kier molecular flexibility index (Phi) is 7.24. The molecule has 10 heteroatoms. The maximum atomic E-state index is 12.3. The van der Waals surface area contributed by atoms with Gasteiger partial charge >= 0.3 is 12.6 Å². The second kappa shape index (κ2) is 9.62. The van der Waals surface area contributed by atoms with Crippen molar-refractivity contribution >= 4 is 34.8 Å². The standard InChI is InChI=1S/C17H16F2N2O5S/c1-10(20-15(23)13-7-4-8-27-13)16(24)25-9-14(22)21-11-5-2-3-6-12(11)26-17(18)19/h2-8,10,17H,9H2,1H3,(H,20,23)(H,21,22). The Morgan fingerprint density at radius 1 is 1.15 bits per heavy atom. The van der Waals surface area contributed by atoms with Crippen molar-refractivity contribution in [2.24, 2.45) is 0 Å². The van der Waals surface area contributed by atoms with Crippen LogP contribution in [0.2, 0.25) is 0 Å². The first-order chi connectivity index (χ1) is 12.9. The number of rotatable bonds is 8. The van der Waals surface area contributed by atoms with Gasteiger partial charge in [-0.25, -0.2) is 4.79 Å². The van der Waals surface area contributed by atoms with Crippen molar-refractivity contribution in [3.05, 3.63) is 46.7 Å². The number of carbonyl (C=O) groups is 3. The van der Waals surface area contributed by atoms with Crippen LogP contribution in [0.25, 0.3) is 0 Å². The summed E-state index contributed by atoms with van der Waals surface area (Å²) >= 11 is 1.22. The van der Waals surface area contributed by atoms with Crippen molar-refractivity contribution in [1.82, 2.24) is 5.32 Å². The molecule has 0 fully saturated rings. The number of halogens is 2. The maximum Gasteiger partial charge on any atom is 0.387 e. The number of nitrogens with one attached hydrogen (secondary N) is 2. The highest BCUT2D eigenvalue weighted by Gasteiger charge is 2.20. The van der Waals surface area contributed by atoms with Gasteiger partial charge < -0.3 is 20.1 Å². The van der Waals surface area contributed by atoms with Crippen molar-refractivity contribution in [3.63, 3.8) is 0 Å². The Morgan fingerprint density at radius 2 is 1.89 bits per heavy atom. The number of hydrogen-bond donors (Lipinski definition) is 2. The molecule has 2 N–H and O–H groups in total. The Hall–Kier alpha value is -3.01. The largest absolute Gasteiger partial charge is 0.454 e. The first-order valence-electron chi connectivity index (χ1n) is 7.71. The minimum atomic E-state index is -3.05. The third-order valence-electron chi connectivity index (χ3n) is 3.17. The van der Waals surface area contributed by atoms with Gasteiger partial charge in [0.1, 0.15) is 11.8 Å². The van der Waals surface area contributed by atoms with E-state index in [1.807, 2.05) is 0 Å². The zero-order valence-electron chi connectivity index (χ0n) is 14.1. The molecular formula is C17H16F2N2O5S. The van der Waals surface area contributed by atoms with Gasteiger partial charge in [-0.1, -0.05) is 18.2 Å². The number of hydrogen-bond acceptors (Lipinski definition) is 6. The third kappa shape index (κ3) is 6.33. The highest BCUT2D eigenvalue weighted by atomic mass is 32.1. The lowest BCUT2D eigenvalue weighted by molar-refractivity contribution is -0.148. The van der Waals surface area contributed by atoms with E-state index in [1.54, 1.807) is 17.5 Å². The summed E-state index contributed by atoms with van der Waals surface area (Å²) in [5.41, 5.74) is 0.0119. The molecule has 2 rings (SSSR count). The second-order valence-corrected chi connectivity index (χ2v) is 6.15. The molecule has 2 amide bonds. The lowest BCUT2D eigenvalue weighted by atomic mass is 10.3. The van der Waals surface area contributed by atoms with E-state index in [4.69, 9.17) is 4.74 Å². The van der Waals surface area contributed by atoms with Gasteiger partial charge in [-0.15, -0.1) is 11.3 Å². The number of amides is 2. The minimum absolute atomic E-state index is 0.0119. The van der Waals surface area contributed by atoms with Crippen LogP contribution in [0.5, 0.6) is 5.75 Å². The minimum Gasteiger partial charge on any atom is -0.454 e. The number of ether oxygens (including phenoxy) is 2. The molecule has 27 heavy (non-hydrogen) atoms. The van der Waals surface area contributed by atoms with Crippen LogP contribution in [0, 0.1) is 0 Å². The zero-order valence-corrected chi connectivity index (χ0v) is 14.9. The molecule has 1 unspecified atom stereocenters. The maximum absolute atomic E-state index is 12.3. The summed E-state index contributed by atoms with van der Waals surface area (Å²) < 4.78 is 33.8. The molecule has 1 aromatic heterocycles. The fraction of sp³-hybridized carbons (Fsp3) is 0.235. The number of anilines is 1. The molecule has 0 saturated heterocycles. The van der Waals surface area contributed by atoms with Gasteiger partial charge in [0.15, 0.2) is 6.61 Å². The Morgan fingerprint density at radius 3 is 2.56 bits per heavy atom. The lowest BCUT2D eigenvalue weighted by Crippen LogP contribution is -2.40. The molecular weight excluding hydrogens is 382 g/mol. The van der Waals surface area contributed by atoms with Crippen LogP contribution in [0.3, 0.4) is 0 Å². The van der Waals surface area contributed by atoms with Crippen LogP contribution < -0.4 is 15.4 Å². The van der Waals surface area contributed by atoms with Crippen molar-refractivity contribution in [2.45, 2.75) is 19.6 Å². The van der Waals surface area contributed by atoms with E-state index in [1.165, 1.54) is 42.5 Å². The van der Waals surface area contributed by atoms with Crippen LogP contribution in [-0.4, -0.2) is 37.0 Å². The van der Waals surface area contributed by atoms with E-state index in [9.17, 15) is 23.2 Å². The topological polar surface area (TPSA) is 93.7 Å². The molecule has 0 aliphatic heterocycles. The summed E-state index contributed by atoms with van der Waals surface area (Å²) in [5, 5.41) is 6.48. The lowest BCUT2D eigenvalue weighted by Gasteiger charge is -2.14. The van der Waals surface area contributed by atoms with Gasteiger partial charge in [-0.3, -0.25) is 9.59 Å². The monoisotopic (exact) mass is 398 g/mol. The smallest absolute Gasteiger partial charge is 0.387 e. The molecule has 0 bridgehead atoms. The van der Waals surface area contributed by atoms with Gasteiger partial charge in [0.25, 0.3) is 11.8 Å². The molecule has 0 radical (unpaired) electrons. The molecule has 7 nitrogen and oxygen atoms in total. The fourth-order valence-corrected chi connectivity index (χ4v) is 2.58. The highest BCUT2D eigenvalue weighted by Crippen LogP contribution is 2.25. The molecule has 1 aromatic carbocycles. The van der Waals surface area contributed by atoms with Gasteiger partial charge in [0.2, 0.25) is 0 Å². The summed E-state index contributed by atoms with van der Waals surface area (Å²) in [6, 6.07) is 7.93. The summed E-state index contributed by atoms with van der Waals surface area (Å²) in [4.78, 5) is 36.0. The molecule has 0 spiro atoms. The van der Waals surface area contributed by atoms with E-state index in [2.05, 4.69) is 15.4 Å². The van der Waals surface area contributed by atoms with E-state index in [-0.39, 0.29) is 11.4 Å². The first-order valence-corrected chi connectivity index (χ1v) is 8.59. The van der Waals surface area contributed by atoms with Crippen molar-refractivity contribution in [3.8, 4) is 5.75 Å². The predicted molar refractivity (Wildman–Crippen MR) is 93.9 cm³/mol. The Labute approximate surface area is 157 Å². The number of esters is 1. The summed E-state index contributed by atoms with van der Waals surface area (Å²) in [5.74, 6) is -2.21. The SMILES string of the molecule is CC(NC(=O)c1cccs1)C(=O)OCC(=O)Nc1ccccc1OC(F)F. The normalized spacial score (nSPS) is 11.6. The second-order valence-electron chi connectivity index (χ2n) is 5.20. The summed E-state index contributed by atoms with van der Waals surface area (Å²) in [6.07, 6.45) is 0. The average Bonchev–Trinajstić information content (AvgIpc) is 3.15. The Balaban J connectivity index is 1.83. The molecule has 1 atom stereocenters. The molecule has 1 heterocycles. The van der Waals surface area contributed by atoms with Crippen LogP contribution in [0.4, 0.5) is 14.5 Å². The number of carbonyl (C=O) groups excluding carboxylic acids is 3. The summed E-state index contributed by atoms with van der Waals surface area (Å²) in [6.45, 7) is -2.29. The number of benzene rings is 1. The first kappa shape index (κ1) is 20.3. The van der Waals surface area contributed by atoms with Crippen molar-refractivity contribution in [1.29, 1.82) is 0 Å². The van der Waals surface area contributed by atoms with E-state index >= 15 is 0 Å². The molecule has 2 aromatic rings. The van der Waals surface area contributed by atoms with E-state index in [0.29, 0.717) is 4.88 Å². The molecule has 0 aliphatic rings. The van der Waals surface area contributed by atoms with Crippen LogP contribution in [0.1, 0.15) is 16.6 Å². The van der Waals surface area contributed by atoms with E-state index in [0.717, 1.165) is 0 Å². The molecule has 144 valence electrons. The quantitative estimate of drug-likeness (QED) is 0.667. The van der Waals surface area contributed by atoms with Crippen LogP contribution in [0.15, 0.2) is 41.8 Å². The Bertz CT molecular complexity index is 798. The summed E-state index contributed by atoms with van der Waals surface area (Å²) in [7, 11) is 0. The average molecular weight is 398 g/mol. The molecule has 0 saturated carbocycles. The van der Waals surface area contributed by atoms with Gasteiger partial charge in [-0.05, 0) is 30.5 Å².